The van der Waals surface area contributed by atoms with Crippen LogP contribution < -0.4 is 10.4 Å². The maximum atomic E-state index is 13.4. The van der Waals surface area contributed by atoms with Crippen molar-refractivity contribution >= 4 is 30.3 Å². The number of hydrogen-bond acceptors (Lipinski definition) is 6. The average Bonchev–Trinajstić information content (AvgIpc) is 2.78. The van der Waals surface area contributed by atoms with Crippen LogP contribution in [0.3, 0.4) is 0 Å². The predicted octanol–water partition coefficient (Wildman–Crippen LogP) is 5.24. The maximum absolute atomic E-state index is 13.4. The Hall–Kier alpha value is -2.06. The van der Waals surface area contributed by atoms with E-state index < -0.39 is 41.6 Å². The molecule has 0 atom stereocenters. The van der Waals surface area contributed by atoms with E-state index in [4.69, 9.17) is 18.8 Å². The molecule has 1 saturated heterocycles. The highest BCUT2D eigenvalue weighted by molar-refractivity contribution is 6.63. The topological polar surface area (TPSA) is 74.3 Å². The zero-order valence-electron chi connectivity index (χ0n) is 23.5. The predicted molar refractivity (Wildman–Crippen MR) is 136 cm³/mol. The van der Waals surface area contributed by atoms with E-state index in [1.54, 1.807) is 7.05 Å². The van der Waals surface area contributed by atoms with E-state index in [0.29, 0.717) is 22.4 Å². The van der Waals surface area contributed by atoms with Gasteiger partial charge < -0.3 is 18.8 Å². The number of ether oxygens (including phenoxy) is 2. The molecule has 7 nitrogen and oxygen atoms in total. The number of benzene rings is 1. The van der Waals surface area contributed by atoms with Gasteiger partial charge in [-0.3, -0.25) is 4.90 Å². The van der Waals surface area contributed by atoms with E-state index in [1.165, 1.54) is 4.90 Å². The van der Waals surface area contributed by atoms with Crippen LogP contribution >= 0.6 is 0 Å². The zero-order chi connectivity index (χ0) is 26.6. The summed E-state index contributed by atoms with van der Waals surface area (Å²) in [5.41, 5.74) is 1.35. The highest BCUT2D eigenvalue weighted by Crippen LogP contribution is 2.39. The lowest BCUT2D eigenvalue weighted by molar-refractivity contribution is 0.00578. The normalized spacial score (nSPS) is 17.5. The van der Waals surface area contributed by atoms with Gasteiger partial charge in [0, 0.05) is 7.05 Å². The van der Waals surface area contributed by atoms with Crippen LogP contribution in [0.25, 0.3) is 0 Å². The Labute approximate surface area is 205 Å². The first kappa shape index (κ1) is 28.2. The summed E-state index contributed by atoms with van der Waals surface area (Å²) in [6.45, 7) is 24.5. The van der Waals surface area contributed by atoms with Crippen LogP contribution in [0.2, 0.25) is 0 Å². The molecule has 1 aromatic carbocycles. The first-order valence-electron chi connectivity index (χ1n) is 11.8. The van der Waals surface area contributed by atoms with Crippen LogP contribution in [0.15, 0.2) is 0 Å². The van der Waals surface area contributed by atoms with E-state index in [1.807, 2.05) is 90.0 Å². The number of rotatable bonds is 3. The smallest absolute Gasteiger partial charge is 0.456 e. The molecule has 0 aliphatic carbocycles. The third kappa shape index (κ3) is 5.60. The van der Waals surface area contributed by atoms with Gasteiger partial charge in [-0.1, -0.05) is 0 Å². The molecule has 8 heteroatoms. The van der Waals surface area contributed by atoms with Crippen LogP contribution in [0.4, 0.5) is 10.5 Å². The molecule has 190 valence electrons. The molecule has 0 unspecified atom stereocenters. The molecular formula is C26H42BNO6. The molecule has 1 aromatic rings. The summed E-state index contributed by atoms with van der Waals surface area (Å²) >= 11 is 0. The fraction of sp³-hybridized carbons (Fsp3) is 0.692. The summed E-state index contributed by atoms with van der Waals surface area (Å²) in [4.78, 5) is 27.8. The van der Waals surface area contributed by atoms with Crippen LogP contribution in [0, 0.1) is 20.8 Å². The van der Waals surface area contributed by atoms with E-state index in [9.17, 15) is 9.59 Å². The van der Waals surface area contributed by atoms with Crippen LogP contribution in [-0.4, -0.2) is 48.6 Å². The molecule has 1 amide bonds. The molecule has 1 aliphatic heterocycles. The van der Waals surface area contributed by atoms with Gasteiger partial charge in [-0.25, -0.2) is 9.59 Å². The van der Waals surface area contributed by atoms with E-state index in [0.717, 1.165) is 11.0 Å². The van der Waals surface area contributed by atoms with Gasteiger partial charge in [0.05, 0.1) is 22.5 Å². The van der Waals surface area contributed by atoms with Gasteiger partial charge in [-0.05, 0) is 112 Å². The van der Waals surface area contributed by atoms with Gasteiger partial charge in [0.25, 0.3) is 0 Å². The minimum Gasteiger partial charge on any atom is -0.456 e. The summed E-state index contributed by atoms with van der Waals surface area (Å²) in [5, 5.41) is 0. The number of amides is 1. The second-order valence-corrected chi connectivity index (χ2v) is 12.1. The van der Waals surface area contributed by atoms with Crippen molar-refractivity contribution in [3.05, 3.63) is 22.3 Å². The molecule has 0 bridgehead atoms. The van der Waals surface area contributed by atoms with Crippen molar-refractivity contribution in [2.75, 3.05) is 11.9 Å². The summed E-state index contributed by atoms with van der Waals surface area (Å²) in [6, 6.07) is 0. The van der Waals surface area contributed by atoms with Gasteiger partial charge >= 0.3 is 19.2 Å². The summed E-state index contributed by atoms with van der Waals surface area (Å²) in [6.07, 6.45) is -0.516. The third-order valence-corrected chi connectivity index (χ3v) is 6.36. The van der Waals surface area contributed by atoms with Crippen molar-refractivity contribution < 1.29 is 28.4 Å². The molecular weight excluding hydrogens is 433 g/mol. The van der Waals surface area contributed by atoms with E-state index in [-0.39, 0.29) is 0 Å². The Kier molecular flexibility index (Phi) is 7.35. The first-order valence-corrected chi connectivity index (χ1v) is 11.8. The van der Waals surface area contributed by atoms with Crippen molar-refractivity contribution in [2.24, 2.45) is 0 Å². The SMILES string of the molecule is Cc1c(B2OC(C)(C)C(C)(C)O2)c(C)c(N(C)C(=O)OC(C)(C)C)c(C)c1C(=O)OC(C)(C)C. The third-order valence-electron chi connectivity index (χ3n) is 6.36. The van der Waals surface area contributed by atoms with Crippen LogP contribution in [0.1, 0.15) is 96.3 Å². The number of esters is 1. The highest BCUT2D eigenvalue weighted by Gasteiger charge is 2.53. The van der Waals surface area contributed by atoms with Crippen molar-refractivity contribution in [3.8, 4) is 0 Å². The average molecular weight is 475 g/mol. The van der Waals surface area contributed by atoms with Gasteiger partial charge in [-0.15, -0.1) is 0 Å². The Morgan fingerprint density at radius 3 is 1.65 bits per heavy atom. The van der Waals surface area contributed by atoms with Crippen molar-refractivity contribution in [1.82, 2.24) is 0 Å². The molecule has 0 spiro atoms. The van der Waals surface area contributed by atoms with Crippen LogP contribution in [0.5, 0.6) is 0 Å². The zero-order valence-corrected chi connectivity index (χ0v) is 23.5. The molecule has 34 heavy (non-hydrogen) atoms. The summed E-state index contributed by atoms with van der Waals surface area (Å²) < 4.78 is 24.1. The Morgan fingerprint density at radius 2 is 1.24 bits per heavy atom. The largest absolute Gasteiger partial charge is 0.495 e. The van der Waals surface area contributed by atoms with Gasteiger partial charge in [-0.2, -0.15) is 0 Å². The van der Waals surface area contributed by atoms with E-state index in [2.05, 4.69) is 0 Å². The number of carbonyl (C=O) groups is 2. The number of hydrogen-bond donors (Lipinski definition) is 0. The minimum absolute atomic E-state index is 0.399. The number of anilines is 1. The van der Waals surface area contributed by atoms with Crippen molar-refractivity contribution in [3.63, 3.8) is 0 Å². The standard InChI is InChI=1S/C26H42BNO6/c1-15-18(21(29)31-23(4,5)6)16(2)20(28(14)22(30)32-24(7,8)9)17(3)19(15)27-33-25(10,11)26(12,13)34-27/h1-14H3. The minimum atomic E-state index is -0.711. The lowest BCUT2D eigenvalue weighted by Gasteiger charge is -2.32. The lowest BCUT2D eigenvalue weighted by Crippen LogP contribution is -2.42. The van der Waals surface area contributed by atoms with E-state index >= 15 is 0 Å². The van der Waals surface area contributed by atoms with Gasteiger partial charge in [0.1, 0.15) is 11.2 Å². The Morgan fingerprint density at radius 1 is 0.794 bits per heavy atom. The molecule has 1 heterocycles. The fourth-order valence-electron chi connectivity index (χ4n) is 4.10. The second kappa shape index (κ2) is 8.87. The Bertz CT molecular complexity index is 969. The molecule has 2 rings (SSSR count). The lowest BCUT2D eigenvalue weighted by atomic mass is 9.70. The number of carbonyl (C=O) groups excluding carboxylic acids is 2. The molecule has 1 aliphatic rings. The number of nitrogens with zero attached hydrogens (tertiary/aromatic N) is 1. The molecule has 0 N–H and O–H groups in total. The quantitative estimate of drug-likeness (QED) is 0.440. The summed E-state index contributed by atoms with van der Waals surface area (Å²) in [7, 11) is 0.934. The second-order valence-electron chi connectivity index (χ2n) is 12.1. The van der Waals surface area contributed by atoms with Gasteiger partial charge in [0.2, 0.25) is 0 Å². The first-order chi connectivity index (χ1) is 15.1. The van der Waals surface area contributed by atoms with Crippen LogP contribution in [-0.2, 0) is 18.8 Å². The highest BCUT2D eigenvalue weighted by atomic mass is 16.7. The molecule has 0 saturated carbocycles. The molecule has 1 fully saturated rings. The monoisotopic (exact) mass is 475 g/mol. The van der Waals surface area contributed by atoms with Crippen molar-refractivity contribution in [1.29, 1.82) is 0 Å². The fourth-order valence-corrected chi connectivity index (χ4v) is 4.10. The maximum Gasteiger partial charge on any atom is 0.495 e. The van der Waals surface area contributed by atoms with Gasteiger partial charge in [0.15, 0.2) is 0 Å². The van der Waals surface area contributed by atoms with Crippen molar-refractivity contribution in [2.45, 2.75) is 112 Å². The molecule has 0 aromatic heterocycles. The molecule has 0 radical (unpaired) electrons. The summed E-state index contributed by atoms with van der Waals surface area (Å²) in [5.74, 6) is -0.459. The Balaban J connectivity index is 2.78.